The van der Waals surface area contributed by atoms with Gasteiger partial charge in [0.15, 0.2) is 0 Å². The van der Waals surface area contributed by atoms with Gasteiger partial charge in [0, 0.05) is 5.54 Å². The minimum absolute atomic E-state index is 0.479. The van der Waals surface area contributed by atoms with Gasteiger partial charge in [-0.3, -0.25) is 0 Å². The molecule has 0 amide bonds. The fourth-order valence-corrected chi connectivity index (χ4v) is 0.581. The molecule has 0 aliphatic heterocycles. The SMILES string of the molecule is C#C[C@@](O)(/C=C/Cl)CC. The lowest BCUT2D eigenvalue weighted by atomic mass is 10.0. The monoisotopic (exact) mass is 144 g/mol. The number of hydrogen-bond acceptors (Lipinski definition) is 1. The largest absolute Gasteiger partial charge is 0.374 e. The number of aliphatic hydroxyl groups is 1. The van der Waals surface area contributed by atoms with Crippen molar-refractivity contribution in [1.82, 2.24) is 0 Å². The van der Waals surface area contributed by atoms with Crippen LogP contribution < -0.4 is 0 Å². The van der Waals surface area contributed by atoms with Crippen molar-refractivity contribution in [2.75, 3.05) is 0 Å². The molecular weight excluding hydrogens is 136 g/mol. The Balaban J connectivity index is 4.14. The Hall–Kier alpha value is -0.450. The second-order valence-electron chi connectivity index (χ2n) is 1.71. The van der Waals surface area contributed by atoms with Gasteiger partial charge in [0.2, 0.25) is 0 Å². The summed E-state index contributed by atoms with van der Waals surface area (Å²) in [5.74, 6) is 2.21. The van der Waals surface area contributed by atoms with E-state index in [0.29, 0.717) is 6.42 Å². The Kier molecular flexibility index (Phi) is 3.37. The maximum atomic E-state index is 9.22. The Morgan fingerprint density at radius 3 is 2.56 bits per heavy atom. The van der Waals surface area contributed by atoms with Crippen LogP contribution in [-0.2, 0) is 0 Å². The molecule has 9 heavy (non-hydrogen) atoms. The van der Waals surface area contributed by atoms with E-state index in [1.54, 1.807) is 6.92 Å². The second-order valence-corrected chi connectivity index (χ2v) is 1.97. The predicted molar refractivity (Wildman–Crippen MR) is 39.1 cm³/mol. The molecule has 0 unspecified atom stereocenters. The first-order valence-electron chi connectivity index (χ1n) is 2.66. The first kappa shape index (κ1) is 8.55. The van der Waals surface area contributed by atoms with Gasteiger partial charge >= 0.3 is 0 Å². The molecule has 0 rings (SSSR count). The van der Waals surface area contributed by atoms with Crippen LogP contribution >= 0.6 is 11.6 Å². The second kappa shape index (κ2) is 3.55. The summed E-state index contributed by atoms with van der Waals surface area (Å²) in [5, 5.41) is 9.22. The van der Waals surface area contributed by atoms with Crippen molar-refractivity contribution >= 4 is 11.6 Å². The maximum absolute atomic E-state index is 9.22. The van der Waals surface area contributed by atoms with Gasteiger partial charge in [-0.05, 0) is 12.5 Å². The molecule has 0 fully saturated rings. The summed E-state index contributed by atoms with van der Waals surface area (Å²) in [5.41, 5.74) is 0.0745. The van der Waals surface area contributed by atoms with Crippen molar-refractivity contribution < 1.29 is 5.11 Å². The van der Waals surface area contributed by atoms with Crippen molar-refractivity contribution in [3.8, 4) is 12.3 Å². The van der Waals surface area contributed by atoms with Crippen LogP contribution in [0.25, 0.3) is 0 Å². The summed E-state index contributed by atoms with van der Waals surface area (Å²) in [6.07, 6.45) is 6.86. The molecule has 1 N–H and O–H groups in total. The van der Waals surface area contributed by atoms with Crippen LogP contribution in [0.4, 0.5) is 0 Å². The van der Waals surface area contributed by atoms with Crippen molar-refractivity contribution in [2.24, 2.45) is 0 Å². The van der Waals surface area contributed by atoms with E-state index < -0.39 is 5.60 Å². The van der Waals surface area contributed by atoms with E-state index in [0.717, 1.165) is 0 Å². The smallest absolute Gasteiger partial charge is 0.144 e. The van der Waals surface area contributed by atoms with Crippen molar-refractivity contribution in [2.45, 2.75) is 18.9 Å². The molecule has 0 saturated carbocycles. The van der Waals surface area contributed by atoms with Crippen molar-refractivity contribution in [3.63, 3.8) is 0 Å². The summed E-state index contributed by atoms with van der Waals surface area (Å²) in [4.78, 5) is 0. The Labute approximate surface area is 60.3 Å². The summed E-state index contributed by atoms with van der Waals surface area (Å²) < 4.78 is 0. The highest BCUT2D eigenvalue weighted by molar-refractivity contribution is 6.25. The Morgan fingerprint density at radius 2 is 2.44 bits per heavy atom. The normalized spacial score (nSPS) is 17.1. The number of terminal acetylenes is 1. The van der Waals surface area contributed by atoms with Crippen LogP contribution in [0.2, 0.25) is 0 Å². The minimum Gasteiger partial charge on any atom is -0.374 e. The first-order valence-corrected chi connectivity index (χ1v) is 3.10. The fraction of sp³-hybridized carbons (Fsp3) is 0.429. The standard InChI is InChI=1S/C7H9ClO/c1-3-7(9,4-2)5-6-8/h1,5-6,9H,4H2,2H3/b6-5+/t7-/m0/s1. The van der Waals surface area contributed by atoms with Gasteiger partial charge in [0.05, 0.1) is 0 Å². The van der Waals surface area contributed by atoms with E-state index in [9.17, 15) is 5.11 Å². The molecule has 1 nitrogen and oxygen atoms in total. The average Bonchev–Trinajstić information content (AvgIpc) is 1.89. The topological polar surface area (TPSA) is 20.2 Å². The molecular formula is C7H9ClO. The van der Waals surface area contributed by atoms with E-state index in [-0.39, 0.29) is 0 Å². The fourth-order valence-electron chi connectivity index (χ4n) is 0.372. The van der Waals surface area contributed by atoms with E-state index >= 15 is 0 Å². The van der Waals surface area contributed by atoms with Crippen LogP contribution in [0.1, 0.15) is 13.3 Å². The lowest BCUT2D eigenvalue weighted by molar-refractivity contribution is 0.149. The molecule has 0 aromatic heterocycles. The highest BCUT2D eigenvalue weighted by Gasteiger charge is 2.15. The highest BCUT2D eigenvalue weighted by atomic mass is 35.5. The lowest BCUT2D eigenvalue weighted by Crippen LogP contribution is -2.20. The molecule has 0 bridgehead atoms. The van der Waals surface area contributed by atoms with E-state index in [4.69, 9.17) is 18.0 Å². The van der Waals surface area contributed by atoms with Gasteiger partial charge in [-0.1, -0.05) is 24.4 Å². The zero-order valence-electron chi connectivity index (χ0n) is 5.26. The van der Waals surface area contributed by atoms with Crippen LogP contribution in [0.15, 0.2) is 11.6 Å². The molecule has 0 saturated heterocycles. The Morgan fingerprint density at radius 1 is 1.89 bits per heavy atom. The van der Waals surface area contributed by atoms with E-state index in [2.05, 4.69) is 5.92 Å². The van der Waals surface area contributed by atoms with Gasteiger partial charge in [-0.25, -0.2) is 0 Å². The quantitative estimate of drug-likeness (QED) is 0.583. The van der Waals surface area contributed by atoms with Crippen molar-refractivity contribution in [3.05, 3.63) is 11.6 Å². The summed E-state index contributed by atoms with van der Waals surface area (Å²) in [6, 6.07) is 0. The minimum atomic E-state index is -1.15. The van der Waals surface area contributed by atoms with Gasteiger partial charge in [0.25, 0.3) is 0 Å². The number of halogens is 1. The van der Waals surface area contributed by atoms with Crippen LogP contribution in [0.5, 0.6) is 0 Å². The molecule has 50 valence electrons. The average molecular weight is 145 g/mol. The molecule has 0 aliphatic rings. The summed E-state index contributed by atoms with van der Waals surface area (Å²) in [6.45, 7) is 1.79. The Bertz CT molecular complexity index is 145. The molecule has 0 radical (unpaired) electrons. The van der Waals surface area contributed by atoms with Crippen LogP contribution in [0.3, 0.4) is 0 Å². The lowest BCUT2D eigenvalue weighted by Gasteiger charge is -2.12. The summed E-state index contributed by atoms with van der Waals surface area (Å²) >= 11 is 5.21. The maximum Gasteiger partial charge on any atom is 0.144 e. The third-order valence-corrected chi connectivity index (χ3v) is 1.25. The van der Waals surface area contributed by atoms with Gasteiger partial charge in [-0.2, -0.15) is 0 Å². The van der Waals surface area contributed by atoms with Crippen molar-refractivity contribution in [1.29, 1.82) is 0 Å². The zero-order chi connectivity index (χ0) is 7.33. The van der Waals surface area contributed by atoms with Crippen LogP contribution in [-0.4, -0.2) is 10.7 Å². The molecule has 2 heteroatoms. The van der Waals surface area contributed by atoms with Gasteiger partial charge in [0.1, 0.15) is 5.60 Å². The number of rotatable bonds is 2. The molecule has 0 spiro atoms. The molecule has 1 atom stereocenters. The third kappa shape index (κ3) is 2.55. The zero-order valence-corrected chi connectivity index (χ0v) is 6.02. The molecule has 0 aliphatic carbocycles. The van der Waals surface area contributed by atoms with E-state index in [1.807, 2.05) is 0 Å². The van der Waals surface area contributed by atoms with Gasteiger partial charge < -0.3 is 5.11 Å². The highest BCUT2D eigenvalue weighted by Crippen LogP contribution is 2.09. The number of hydrogen-bond donors (Lipinski definition) is 1. The molecule has 0 aromatic carbocycles. The molecule has 0 heterocycles. The van der Waals surface area contributed by atoms with Gasteiger partial charge in [-0.15, -0.1) is 6.42 Å². The third-order valence-electron chi connectivity index (χ3n) is 1.13. The predicted octanol–water partition coefficient (Wildman–Crippen LogP) is 1.51. The van der Waals surface area contributed by atoms with Crippen LogP contribution in [0, 0.1) is 12.3 Å². The first-order chi connectivity index (χ1) is 4.18. The molecule has 0 aromatic rings. The summed E-state index contributed by atoms with van der Waals surface area (Å²) in [7, 11) is 0. The van der Waals surface area contributed by atoms with E-state index in [1.165, 1.54) is 11.6 Å².